The van der Waals surface area contributed by atoms with Crippen molar-refractivity contribution in [2.45, 2.75) is 11.4 Å². The van der Waals surface area contributed by atoms with E-state index in [-0.39, 0.29) is 54.1 Å². The summed E-state index contributed by atoms with van der Waals surface area (Å²) in [5.41, 5.74) is 0.100. The summed E-state index contributed by atoms with van der Waals surface area (Å²) >= 11 is 6.04. The zero-order valence-corrected chi connectivity index (χ0v) is 17.7. The Balaban J connectivity index is 1.44. The minimum Gasteiger partial charge on any atom is -0.338 e. The number of halogens is 1. The smallest absolute Gasteiger partial charge is 0.264 e. The molecule has 12 heteroatoms. The predicted octanol–water partition coefficient (Wildman–Crippen LogP) is 0.317. The minimum atomic E-state index is -3.74. The summed E-state index contributed by atoms with van der Waals surface area (Å²) < 4.78 is 29.7. The van der Waals surface area contributed by atoms with Gasteiger partial charge in [-0.3, -0.25) is 18.8 Å². The number of carbonyl (C=O) groups excluding carboxylic acids is 1. The molecule has 30 heavy (non-hydrogen) atoms. The molecule has 0 atom stereocenters. The van der Waals surface area contributed by atoms with Crippen LogP contribution in [0.25, 0.3) is 11.0 Å². The molecule has 0 spiro atoms. The molecule has 3 aromatic rings. The number of fused-ring (bicyclic) bond motifs is 1. The van der Waals surface area contributed by atoms with Gasteiger partial charge in [0.15, 0.2) is 5.65 Å². The molecule has 1 saturated heterocycles. The van der Waals surface area contributed by atoms with Crippen molar-refractivity contribution < 1.29 is 13.2 Å². The third-order valence-electron chi connectivity index (χ3n) is 5.07. The third-order valence-corrected chi connectivity index (χ3v) is 7.47. The molecule has 10 nitrogen and oxygen atoms in total. The van der Waals surface area contributed by atoms with Gasteiger partial charge in [0.25, 0.3) is 5.56 Å². The first-order valence-corrected chi connectivity index (χ1v) is 11.0. The summed E-state index contributed by atoms with van der Waals surface area (Å²) in [6.07, 6.45) is 2.74. The van der Waals surface area contributed by atoms with Crippen molar-refractivity contribution in [3.8, 4) is 0 Å². The largest absolute Gasteiger partial charge is 0.338 e. The Hall–Kier alpha value is -2.76. The van der Waals surface area contributed by atoms with Gasteiger partial charge in [-0.25, -0.2) is 13.4 Å². The molecule has 4 rings (SSSR count). The van der Waals surface area contributed by atoms with E-state index in [2.05, 4.69) is 10.1 Å². The van der Waals surface area contributed by atoms with E-state index < -0.39 is 10.0 Å². The van der Waals surface area contributed by atoms with E-state index in [9.17, 15) is 18.0 Å². The van der Waals surface area contributed by atoms with E-state index in [1.165, 1.54) is 38.2 Å². The molecule has 2 aromatic heterocycles. The molecule has 0 radical (unpaired) electrons. The summed E-state index contributed by atoms with van der Waals surface area (Å²) in [5.74, 6) is -0.281. The van der Waals surface area contributed by atoms with Crippen LogP contribution in [-0.4, -0.2) is 69.0 Å². The molecule has 1 aromatic carbocycles. The van der Waals surface area contributed by atoms with Crippen molar-refractivity contribution in [1.82, 2.24) is 28.5 Å². The molecule has 0 bridgehead atoms. The summed E-state index contributed by atoms with van der Waals surface area (Å²) in [7, 11) is -2.06. The van der Waals surface area contributed by atoms with Crippen LogP contribution >= 0.6 is 11.6 Å². The standard InChI is InChI=1S/C18H19ClN6O4S/c1-22-17-13(10-21-22)18(27)24(12-20-17)11-16(26)23-6-8-25(9-7-23)30(28,29)15-5-3-2-4-14(15)19/h2-5,10,12H,6-9,11H2,1H3. The van der Waals surface area contributed by atoms with Crippen molar-refractivity contribution in [3.05, 3.63) is 52.2 Å². The molecular formula is C18H19ClN6O4S. The number of aryl methyl sites for hydroxylation is 1. The monoisotopic (exact) mass is 450 g/mol. The van der Waals surface area contributed by atoms with E-state index in [4.69, 9.17) is 11.6 Å². The van der Waals surface area contributed by atoms with Gasteiger partial charge in [-0.15, -0.1) is 0 Å². The molecule has 1 aliphatic rings. The first-order chi connectivity index (χ1) is 14.3. The molecule has 0 saturated carbocycles. The Bertz CT molecular complexity index is 1280. The Morgan fingerprint density at radius 3 is 2.57 bits per heavy atom. The lowest BCUT2D eigenvalue weighted by Gasteiger charge is -2.34. The van der Waals surface area contributed by atoms with Gasteiger partial charge in [0.05, 0.1) is 11.2 Å². The van der Waals surface area contributed by atoms with Gasteiger partial charge in [-0.05, 0) is 12.1 Å². The molecule has 1 amide bonds. The molecule has 158 valence electrons. The van der Waals surface area contributed by atoms with E-state index >= 15 is 0 Å². The molecule has 0 N–H and O–H groups in total. The van der Waals surface area contributed by atoms with Crippen LogP contribution in [0.5, 0.6) is 0 Å². The van der Waals surface area contributed by atoms with Gasteiger partial charge >= 0.3 is 0 Å². The maximum atomic E-state index is 12.8. The zero-order valence-electron chi connectivity index (χ0n) is 16.1. The minimum absolute atomic E-state index is 0.0499. The molecule has 1 fully saturated rings. The van der Waals surface area contributed by atoms with Gasteiger partial charge in [-0.1, -0.05) is 23.7 Å². The molecule has 0 unspecified atom stereocenters. The normalized spacial score (nSPS) is 15.6. The number of hydrogen-bond donors (Lipinski definition) is 0. The van der Waals surface area contributed by atoms with E-state index in [0.29, 0.717) is 11.0 Å². The fourth-order valence-electron chi connectivity index (χ4n) is 3.40. The quantitative estimate of drug-likeness (QED) is 0.566. The van der Waals surface area contributed by atoms with Gasteiger partial charge < -0.3 is 4.90 Å². The highest BCUT2D eigenvalue weighted by atomic mass is 35.5. The number of amides is 1. The zero-order chi connectivity index (χ0) is 21.5. The Labute approximate surface area is 177 Å². The van der Waals surface area contributed by atoms with E-state index in [1.54, 1.807) is 24.1 Å². The van der Waals surface area contributed by atoms with Crippen LogP contribution < -0.4 is 5.56 Å². The number of rotatable bonds is 4. The summed E-state index contributed by atoms with van der Waals surface area (Å²) in [5, 5.41) is 4.50. The van der Waals surface area contributed by atoms with Crippen LogP contribution in [0.1, 0.15) is 0 Å². The second-order valence-electron chi connectivity index (χ2n) is 6.90. The van der Waals surface area contributed by atoms with Crippen LogP contribution in [0.4, 0.5) is 0 Å². The van der Waals surface area contributed by atoms with Gasteiger partial charge in [0, 0.05) is 33.2 Å². The second-order valence-corrected chi connectivity index (χ2v) is 9.21. The van der Waals surface area contributed by atoms with Gasteiger partial charge in [0.1, 0.15) is 23.2 Å². The topological polar surface area (TPSA) is 110 Å². The number of carbonyl (C=O) groups is 1. The molecule has 1 aliphatic heterocycles. The maximum absolute atomic E-state index is 12.8. The summed E-state index contributed by atoms with van der Waals surface area (Å²) in [4.78, 5) is 31.0. The lowest BCUT2D eigenvalue weighted by molar-refractivity contribution is -0.133. The van der Waals surface area contributed by atoms with Crippen molar-refractivity contribution in [2.75, 3.05) is 26.2 Å². The summed E-state index contributed by atoms with van der Waals surface area (Å²) in [6.45, 7) is 0.565. The highest BCUT2D eigenvalue weighted by Gasteiger charge is 2.31. The fraction of sp³-hybridized carbons (Fsp3) is 0.333. The van der Waals surface area contributed by atoms with Crippen LogP contribution in [-0.2, 0) is 28.4 Å². The van der Waals surface area contributed by atoms with Crippen molar-refractivity contribution >= 4 is 38.6 Å². The first kappa shape index (κ1) is 20.5. The Kier molecular flexibility index (Phi) is 5.35. The van der Waals surface area contributed by atoms with Crippen LogP contribution in [0.3, 0.4) is 0 Å². The van der Waals surface area contributed by atoms with Crippen molar-refractivity contribution in [2.24, 2.45) is 7.05 Å². The number of nitrogens with zero attached hydrogens (tertiary/aromatic N) is 6. The van der Waals surface area contributed by atoms with Crippen LogP contribution in [0.15, 0.2) is 46.5 Å². The highest BCUT2D eigenvalue weighted by Crippen LogP contribution is 2.25. The number of benzene rings is 1. The summed E-state index contributed by atoms with van der Waals surface area (Å²) in [6, 6.07) is 6.27. The highest BCUT2D eigenvalue weighted by molar-refractivity contribution is 7.89. The first-order valence-electron chi connectivity index (χ1n) is 9.18. The van der Waals surface area contributed by atoms with Crippen LogP contribution in [0.2, 0.25) is 5.02 Å². The third kappa shape index (κ3) is 3.59. The predicted molar refractivity (Wildman–Crippen MR) is 110 cm³/mol. The molecule has 3 heterocycles. The second kappa shape index (κ2) is 7.82. The van der Waals surface area contributed by atoms with Crippen molar-refractivity contribution in [3.63, 3.8) is 0 Å². The van der Waals surface area contributed by atoms with Crippen LogP contribution in [0, 0.1) is 0 Å². The average Bonchev–Trinajstić information content (AvgIpc) is 3.12. The fourth-order valence-corrected chi connectivity index (χ4v) is 5.31. The van der Waals surface area contributed by atoms with Gasteiger partial charge in [0.2, 0.25) is 15.9 Å². The number of hydrogen-bond acceptors (Lipinski definition) is 6. The number of sulfonamides is 1. The lowest BCUT2D eigenvalue weighted by Crippen LogP contribution is -2.51. The SMILES string of the molecule is Cn1ncc2c(=O)n(CC(=O)N3CCN(S(=O)(=O)c4ccccc4Cl)CC3)cnc21. The van der Waals surface area contributed by atoms with E-state index in [1.807, 2.05) is 0 Å². The number of aromatic nitrogens is 4. The van der Waals surface area contributed by atoms with Crippen molar-refractivity contribution in [1.29, 1.82) is 0 Å². The lowest BCUT2D eigenvalue weighted by atomic mass is 10.3. The van der Waals surface area contributed by atoms with Gasteiger partial charge in [-0.2, -0.15) is 9.40 Å². The Morgan fingerprint density at radius 2 is 1.87 bits per heavy atom. The van der Waals surface area contributed by atoms with E-state index in [0.717, 1.165) is 0 Å². The Morgan fingerprint density at radius 1 is 1.17 bits per heavy atom. The molecule has 0 aliphatic carbocycles. The molecular weight excluding hydrogens is 432 g/mol. The number of piperazine rings is 1. The average molecular weight is 451 g/mol. The maximum Gasteiger partial charge on any atom is 0.264 e.